The van der Waals surface area contributed by atoms with Crippen molar-refractivity contribution in [2.45, 2.75) is 24.8 Å². The predicted molar refractivity (Wildman–Crippen MR) is 114 cm³/mol. The van der Waals surface area contributed by atoms with Crippen molar-refractivity contribution in [1.82, 2.24) is 10.2 Å². The van der Waals surface area contributed by atoms with E-state index in [-0.39, 0.29) is 11.2 Å². The van der Waals surface area contributed by atoms with E-state index in [1.807, 2.05) is 25.2 Å². The Labute approximate surface area is 172 Å². The van der Waals surface area contributed by atoms with Crippen LogP contribution in [-0.2, 0) is 16.7 Å². The number of benzene rings is 2. The average Bonchev–Trinajstić information content (AvgIpc) is 2.75. The van der Waals surface area contributed by atoms with E-state index in [0.717, 1.165) is 36.7 Å². The summed E-state index contributed by atoms with van der Waals surface area (Å²) in [6, 6.07) is 15.0. The lowest BCUT2D eigenvalue weighted by Gasteiger charge is -2.39. The number of hydrogen-bond donors (Lipinski definition) is 1. The highest BCUT2D eigenvalue weighted by atomic mass is 19.1. The summed E-state index contributed by atoms with van der Waals surface area (Å²) < 4.78 is 24.7. The fourth-order valence-corrected chi connectivity index (χ4v) is 3.86. The first kappa shape index (κ1) is 21.1. The Kier molecular flexibility index (Phi) is 7.09. The van der Waals surface area contributed by atoms with E-state index < -0.39 is 0 Å². The van der Waals surface area contributed by atoms with Crippen molar-refractivity contribution < 1.29 is 13.9 Å². The third-order valence-electron chi connectivity index (χ3n) is 5.62. The van der Waals surface area contributed by atoms with Gasteiger partial charge in [0.25, 0.3) is 0 Å². The molecule has 0 saturated carbocycles. The van der Waals surface area contributed by atoms with Crippen LogP contribution in [0.1, 0.15) is 24.0 Å². The van der Waals surface area contributed by atoms with Gasteiger partial charge < -0.3 is 19.7 Å². The number of hydrogen-bond acceptors (Lipinski definition) is 3. The Morgan fingerprint density at radius 2 is 1.93 bits per heavy atom. The Hall–Kier alpha value is -2.60. The third-order valence-corrected chi connectivity index (χ3v) is 5.62. The van der Waals surface area contributed by atoms with E-state index in [9.17, 15) is 4.39 Å². The number of rotatable bonds is 6. The molecule has 0 unspecified atom stereocenters. The number of aliphatic imine (C=N–C) groups is 1. The SMILES string of the molecule is CN=C(NCC1(c2cccc(F)c2)CCOCC1)N(C)Cc1ccc(OC)cc1. The van der Waals surface area contributed by atoms with Gasteiger partial charge in [-0.25, -0.2) is 4.39 Å². The zero-order valence-electron chi connectivity index (χ0n) is 17.5. The maximum atomic E-state index is 13.9. The topological polar surface area (TPSA) is 46.1 Å². The lowest BCUT2D eigenvalue weighted by molar-refractivity contribution is 0.0511. The average molecular weight is 400 g/mol. The van der Waals surface area contributed by atoms with E-state index in [2.05, 4.69) is 27.3 Å². The van der Waals surface area contributed by atoms with Gasteiger partial charge in [-0.1, -0.05) is 24.3 Å². The number of nitrogens with zero attached hydrogens (tertiary/aromatic N) is 2. The van der Waals surface area contributed by atoms with E-state index >= 15 is 0 Å². The fourth-order valence-electron chi connectivity index (χ4n) is 3.86. The van der Waals surface area contributed by atoms with Crippen LogP contribution >= 0.6 is 0 Å². The first-order valence-electron chi connectivity index (χ1n) is 9.95. The van der Waals surface area contributed by atoms with Crippen LogP contribution in [0, 0.1) is 5.82 Å². The van der Waals surface area contributed by atoms with Crippen LogP contribution in [0.5, 0.6) is 5.75 Å². The molecule has 5 nitrogen and oxygen atoms in total. The summed E-state index contributed by atoms with van der Waals surface area (Å²) in [5.41, 5.74) is 2.01. The van der Waals surface area contributed by atoms with E-state index in [0.29, 0.717) is 19.8 Å². The van der Waals surface area contributed by atoms with Crippen molar-refractivity contribution in [2.24, 2.45) is 4.99 Å². The van der Waals surface area contributed by atoms with Crippen LogP contribution in [0.2, 0.25) is 0 Å². The monoisotopic (exact) mass is 399 g/mol. The number of guanidine groups is 1. The first-order valence-corrected chi connectivity index (χ1v) is 9.95. The van der Waals surface area contributed by atoms with Crippen LogP contribution in [0.4, 0.5) is 4.39 Å². The molecule has 156 valence electrons. The van der Waals surface area contributed by atoms with Gasteiger partial charge in [0.1, 0.15) is 11.6 Å². The standard InChI is InChI=1S/C23H30FN3O2/c1-25-22(27(2)16-18-7-9-21(28-3)10-8-18)26-17-23(11-13-29-14-12-23)19-5-4-6-20(24)15-19/h4-10,15H,11-14,16-17H2,1-3H3,(H,25,26). The molecule has 1 saturated heterocycles. The Bertz CT molecular complexity index is 817. The summed E-state index contributed by atoms with van der Waals surface area (Å²) >= 11 is 0. The lowest BCUT2D eigenvalue weighted by Crippen LogP contribution is -2.48. The highest BCUT2D eigenvalue weighted by molar-refractivity contribution is 5.79. The molecule has 1 aliphatic rings. The molecule has 0 aliphatic carbocycles. The van der Waals surface area contributed by atoms with Crippen LogP contribution in [0.3, 0.4) is 0 Å². The van der Waals surface area contributed by atoms with E-state index in [4.69, 9.17) is 9.47 Å². The van der Waals surface area contributed by atoms with Crippen molar-refractivity contribution >= 4 is 5.96 Å². The molecule has 2 aromatic carbocycles. The predicted octanol–water partition coefficient (Wildman–Crippen LogP) is 3.59. The minimum atomic E-state index is -0.200. The second kappa shape index (κ2) is 9.74. The quantitative estimate of drug-likeness (QED) is 0.596. The summed E-state index contributed by atoms with van der Waals surface area (Å²) in [4.78, 5) is 6.53. The minimum absolute atomic E-state index is 0.169. The van der Waals surface area contributed by atoms with Crippen molar-refractivity contribution in [1.29, 1.82) is 0 Å². The van der Waals surface area contributed by atoms with Crippen LogP contribution < -0.4 is 10.1 Å². The molecule has 1 heterocycles. The molecule has 3 rings (SSSR count). The Morgan fingerprint density at radius 1 is 1.21 bits per heavy atom. The summed E-state index contributed by atoms with van der Waals surface area (Å²) in [6.45, 7) is 2.76. The highest BCUT2D eigenvalue weighted by Gasteiger charge is 2.35. The van der Waals surface area contributed by atoms with Gasteiger partial charge >= 0.3 is 0 Å². The van der Waals surface area contributed by atoms with Gasteiger partial charge in [-0.3, -0.25) is 4.99 Å². The number of nitrogens with one attached hydrogen (secondary N) is 1. The van der Waals surface area contributed by atoms with Crippen molar-refractivity contribution in [3.63, 3.8) is 0 Å². The van der Waals surface area contributed by atoms with Gasteiger partial charge in [-0.2, -0.15) is 0 Å². The molecule has 0 spiro atoms. The minimum Gasteiger partial charge on any atom is -0.497 e. The van der Waals surface area contributed by atoms with Gasteiger partial charge in [0, 0.05) is 45.8 Å². The maximum absolute atomic E-state index is 13.9. The normalized spacial score (nSPS) is 16.3. The van der Waals surface area contributed by atoms with Gasteiger partial charge in [0.15, 0.2) is 5.96 Å². The second-order valence-electron chi connectivity index (χ2n) is 7.51. The van der Waals surface area contributed by atoms with E-state index in [1.165, 1.54) is 11.6 Å². The molecular weight excluding hydrogens is 369 g/mol. The first-order chi connectivity index (χ1) is 14.1. The number of ether oxygens (including phenoxy) is 2. The molecule has 0 bridgehead atoms. The molecule has 0 radical (unpaired) electrons. The van der Waals surface area contributed by atoms with E-state index in [1.54, 1.807) is 26.3 Å². The third kappa shape index (κ3) is 5.26. The Morgan fingerprint density at radius 3 is 2.55 bits per heavy atom. The largest absolute Gasteiger partial charge is 0.497 e. The molecular formula is C23H30FN3O2. The number of methoxy groups -OCH3 is 1. The molecule has 1 N–H and O–H groups in total. The van der Waals surface area contributed by atoms with Crippen LogP contribution in [0.15, 0.2) is 53.5 Å². The lowest BCUT2D eigenvalue weighted by atomic mass is 9.74. The van der Waals surface area contributed by atoms with Crippen LogP contribution in [-0.4, -0.2) is 51.8 Å². The molecule has 1 aliphatic heterocycles. The summed E-state index contributed by atoms with van der Waals surface area (Å²) in [6.07, 6.45) is 1.70. The van der Waals surface area contributed by atoms with Crippen molar-refractivity contribution in [3.05, 3.63) is 65.5 Å². The molecule has 0 amide bonds. The highest BCUT2D eigenvalue weighted by Crippen LogP contribution is 2.34. The molecule has 0 aromatic heterocycles. The molecule has 2 aromatic rings. The van der Waals surface area contributed by atoms with Gasteiger partial charge in [-0.15, -0.1) is 0 Å². The van der Waals surface area contributed by atoms with Gasteiger partial charge in [-0.05, 0) is 48.2 Å². The summed E-state index contributed by atoms with van der Waals surface area (Å²) in [5, 5.41) is 3.51. The molecule has 29 heavy (non-hydrogen) atoms. The smallest absolute Gasteiger partial charge is 0.193 e. The summed E-state index contributed by atoms with van der Waals surface area (Å²) in [7, 11) is 5.46. The zero-order valence-corrected chi connectivity index (χ0v) is 17.5. The molecule has 1 fully saturated rings. The molecule has 0 atom stereocenters. The maximum Gasteiger partial charge on any atom is 0.193 e. The fraction of sp³-hybridized carbons (Fsp3) is 0.435. The van der Waals surface area contributed by atoms with Gasteiger partial charge in [0.05, 0.1) is 7.11 Å². The molecule has 6 heteroatoms. The second-order valence-corrected chi connectivity index (χ2v) is 7.51. The van der Waals surface area contributed by atoms with Crippen molar-refractivity contribution in [3.8, 4) is 5.75 Å². The Balaban J connectivity index is 1.69. The van der Waals surface area contributed by atoms with Gasteiger partial charge in [0.2, 0.25) is 0 Å². The number of halogens is 1. The summed E-state index contributed by atoms with van der Waals surface area (Å²) in [5.74, 6) is 1.45. The van der Waals surface area contributed by atoms with Crippen LogP contribution in [0.25, 0.3) is 0 Å². The zero-order chi connectivity index (χ0) is 20.7. The van der Waals surface area contributed by atoms with Crippen molar-refractivity contribution in [2.75, 3.05) is 41.0 Å².